The van der Waals surface area contributed by atoms with Crippen LogP contribution in [0.4, 0.5) is 0 Å². The molecule has 1 aromatic heterocycles. The van der Waals surface area contributed by atoms with Crippen LogP contribution in [-0.4, -0.2) is 18.8 Å². The molecule has 19 heavy (non-hydrogen) atoms. The van der Waals surface area contributed by atoms with Crippen molar-refractivity contribution in [3.05, 3.63) is 35.9 Å². The molecule has 1 atom stereocenters. The molecule has 4 heteroatoms. The van der Waals surface area contributed by atoms with E-state index in [4.69, 9.17) is 9.47 Å². The van der Waals surface area contributed by atoms with Crippen LogP contribution in [0.5, 0.6) is 10.8 Å². The van der Waals surface area contributed by atoms with E-state index in [1.807, 2.05) is 30.3 Å². The third-order valence-corrected chi connectivity index (χ3v) is 4.41. The minimum absolute atomic E-state index is 0.413. The molecule has 0 spiro atoms. The van der Waals surface area contributed by atoms with Gasteiger partial charge in [0.1, 0.15) is 5.75 Å². The van der Waals surface area contributed by atoms with Crippen molar-refractivity contribution in [2.75, 3.05) is 13.7 Å². The standard InChI is InChI=1S/C15H16O3S/c1-17-15-7-6-14(19-15)10-4-5-11-12(16)3-2-8-18-13(11)9-10/h4-7,9,12,16H,2-3,8H2,1H3. The van der Waals surface area contributed by atoms with Gasteiger partial charge in [-0.3, -0.25) is 0 Å². The number of hydrogen-bond donors (Lipinski definition) is 1. The molecule has 0 saturated carbocycles. The van der Waals surface area contributed by atoms with Crippen molar-refractivity contribution in [1.29, 1.82) is 0 Å². The monoisotopic (exact) mass is 276 g/mol. The van der Waals surface area contributed by atoms with Gasteiger partial charge >= 0.3 is 0 Å². The number of hydrogen-bond acceptors (Lipinski definition) is 4. The first-order valence-corrected chi connectivity index (χ1v) is 7.18. The lowest BCUT2D eigenvalue weighted by atomic mass is 10.0. The van der Waals surface area contributed by atoms with Gasteiger partial charge in [0.25, 0.3) is 0 Å². The molecule has 1 aliphatic rings. The smallest absolute Gasteiger partial charge is 0.173 e. The van der Waals surface area contributed by atoms with Crippen LogP contribution < -0.4 is 9.47 Å². The molecular formula is C15H16O3S. The highest BCUT2D eigenvalue weighted by atomic mass is 32.1. The second kappa shape index (κ2) is 5.23. The van der Waals surface area contributed by atoms with Gasteiger partial charge in [0.05, 0.1) is 19.8 Å². The summed E-state index contributed by atoms with van der Waals surface area (Å²) in [5.74, 6) is 0.801. The van der Waals surface area contributed by atoms with Crippen molar-refractivity contribution in [3.63, 3.8) is 0 Å². The first kappa shape index (κ1) is 12.5. The zero-order chi connectivity index (χ0) is 13.2. The number of aliphatic hydroxyl groups excluding tert-OH is 1. The zero-order valence-electron chi connectivity index (χ0n) is 10.8. The summed E-state index contributed by atoms with van der Waals surface area (Å²) in [7, 11) is 1.67. The number of methoxy groups -OCH3 is 1. The average Bonchev–Trinajstić information content (AvgIpc) is 2.84. The maximum Gasteiger partial charge on any atom is 0.173 e. The van der Waals surface area contributed by atoms with Crippen LogP contribution in [0.3, 0.4) is 0 Å². The summed E-state index contributed by atoms with van der Waals surface area (Å²) < 4.78 is 10.9. The summed E-state index contributed by atoms with van der Waals surface area (Å²) in [6.45, 7) is 0.668. The Bertz CT molecular complexity index is 577. The third-order valence-electron chi connectivity index (χ3n) is 3.32. The molecule has 1 aromatic carbocycles. The number of ether oxygens (including phenoxy) is 2. The number of benzene rings is 1. The first-order valence-electron chi connectivity index (χ1n) is 6.37. The maximum absolute atomic E-state index is 10.0. The molecule has 3 rings (SSSR count). The molecule has 2 aromatic rings. The molecule has 100 valence electrons. The molecule has 0 saturated heterocycles. The van der Waals surface area contributed by atoms with Crippen LogP contribution in [0, 0.1) is 0 Å². The highest BCUT2D eigenvalue weighted by molar-refractivity contribution is 7.17. The Morgan fingerprint density at radius 2 is 2.21 bits per heavy atom. The molecule has 3 nitrogen and oxygen atoms in total. The largest absolute Gasteiger partial charge is 0.493 e. The van der Waals surface area contributed by atoms with E-state index in [0.717, 1.165) is 39.7 Å². The van der Waals surface area contributed by atoms with Gasteiger partial charge in [0.15, 0.2) is 5.06 Å². The van der Waals surface area contributed by atoms with Crippen LogP contribution >= 0.6 is 11.3 Å². The van der Waals surface area contributed by atoms with Gasteiger partial charge in [0.2, 0.25) is 0 Å². The van der Waals surface area contributed by atoms with E-state index in [0.29, 0.717) is 6.61 Å². The predicted molar refractivity (Wildman–Crippen MR) is 76.0 cm³/mol. The van der Waals surface area contributed by atoms with E-state index >= 15 is 0 Å². The van der Waals surface area contributed by atoms with Crippen LogP contribution in [0.15, 0.2) is 30.3 Å². The summed E-state index contributed by atoms with van der Waals surface area (Å²) in [6, 6.07) is 10.0. The second-order valence-electron chi connectivity index (χ2n) is 4.58. The van der Waals surface area contributed by atoms with Crippen molar-refractivity contribution in [2.24, 2.45) is 0 Å². The molecule has 0 bridgehead atoms. The van der Waals surface area contributed by atoms with Gasteiger partial charge in [-0.1, -0.05) is 23.5 Å². The van der Waals surface area contributed by atoms with Gasteiger partial charge in [0, 0.05) is 10.4 Å². The van der Waals surface area contributed by atoms with Crippen LogP contribution in [0.1, 0.15) is 24.5 Å². The van der Waals surface area contributed by atoms with Gasteiger partial charge in [-0.25, -0.2) is 0 Å². The molecule has 0 amide bonds. The van der Waals surface area contributed by atoms with E-state index in [2.05, 4.69) is 0 Å². The van der Waals surface area contributed by atoms with Crippen molar-refractivity contribution in [3.8, 4) is 21.3 Å². The van der Waals surface area contributed by atoms with E-state index < -0.39 is 6.10 Å². The van der Waals surface area contributed by atoms with Crippen LogP contribution in [-0.2, 0) is 0 Å². The number of thiophene rings is 1. The Balaban J connectivity index is 1.98. The predicted octanol–water partition coefficient (Wildman–Crippen LogP) is 3.63. The lowest BCUT2D eigenvalue weighted by Crippen LogP contribution is -1.96. The lowest BCUT2D eigenvalue weighted by molar-refractivity contribution is 0.167. The quantitative estimate of drug-likeness (QED) is 0.910. The maximum atomic E-state index is 10.0. The summed E-state index contributed by atoms with van der Waals surface area (Å²) in [6.07, 6.45) is 1.24. The fraction of sp³-hybridized carbons (Fsp3) is 0.333. The van der Waals surface area contributed by atoms with Crippen molar-refractivity contribution < 1.29 is 14.6 Å². The average molecular weight is 276 g/mol. The van der Waals surface area contributed by atoms with Gasteiger partial charge in [-0.2, -0.15) is 0 Å². The minimum atomic E-state index is -0.413. The molecule has 1 N–H and O–H groups in total. The summed E-state index contributed by atoms with van der Waals surface area (Å²) in [4.78, 5) is 1.14. The van der Waals surface area contributed by atoms with Crippen molar-refractivity contribution >= 4 is 11.3 Å². The fourth-order valence-electron chi connectivity index (χ4n) is 2.29. The third kappa shape index (κ3) is 2.46. The number of rotatable bonds is 2. The minimum Gasteiger partial charge on any atom is -0.493 e. The lowest BCUT2D eigenvalue weighted by Gasteiger charge is -2.12. The Morgan fingerprint density at radius 3 is 3.00 bits per heavy atom. The van der Waals surface area contributed by atoms with Crippen LogP contribution in [0.2, 0.25) is 0 Å². The summed E-state index contributed by atoms with van der Waals surface area (Å²) in [5.41, 5.74) is 1.99. The van der Waals surface area contributed by atoms with Crippen LogP contribution in [0.25, 0.3) is 10.4 Å². The molecule has 1 aliphatic heterocycles. The molecular weight excluding hydrogens is 260 g/mol. The Morgan fingerprint density at radius 1 is 1.32 bits per heavy atom. The topological polar surface area (TPSA) is 38.7 Å². The van der Waals surface area contributed by atoms with Gasteiger partial charge < -0.3 is 14.6 Å². The Kier molecular flexibility index (Phi) is 3.44. The molecule has 0 aliphatic carbocycles. The van der Waals surface area contributed by atoms with E-state index in [9.17, 15) is 5.11 Å². The fourth-order valence-corrected chi connectivity index (χ4v) is 3.10. The molecule has 0 fully saturated rings. The van der Waals surface area contributed by atoms with Gasteiger partial charge in [-0.15, -0.1) is 0 Å². The highest BCUT2D eigenvalue weighted by Crippen LogP contribution is 2.38. The van der Waals surface area contributed by atoms with E-state index in [-0.39, 0.29) is 0 Å². The molecule has 0 radical (unpaired) electrons. The molecule has 1 unspecified atom stereocenters. The highest BCUT2D eigenvalue weighted by Gasteiger charge is 2.18. The van der Waals surface area contributed by atoms with Gasteiger partial charge in [-0.05, 0) is 36.6 Å². The number of fused-ring (bicyclic) bond motifs is 1. The zero-order valence-corrected chi connectivity index (χ0v) is 11.6. The van der Waals surface area contributed by atoms with Crippen molar-refractivity contribution in [1.82, 2.24) is 0 Å². The first-order chi connectivity index (χ1) is 9.28. The second-order valence-corrected chi connectivity index (χ2v) is 5.63. The summed E-state index contributed by atoms with van der Waals surface area (Å²) in [5, 5.41) is 10.9. The Labute approximate surface area is 116 Å². The van der Waals surface area contributed by atoms with Crippen molar-refractivity contribution in [2.45, 2.75) is 18.9 Å². The number of aliphatic hydroxyl groups is 1. The van der Waals surface area contributed by atoms with E-state index in [1.165, 1.54) is 0 Å². The molecule has 2 heterocycles. The summed E-state index contributed by atoms with van der Waals surface area (Å²) >= 11 is 1.60. The Hall–Kier alpha value is -1.52. The normalized spacial score (nSPS) is 18.3. The SMILES string of the molecule is COc1ccc(-c2ccc3c(c2)OCCCC3O)s1. The van der Waals surface area contributed by atoms with E-state index in [1.54, 1.807) is 18.4 Å².